The van der Waals surface area contributed by atoms with Crippen LogP contribution in [0.25, 0.3) is 11.1 Å². The van der Waals surface area contributed by atoms with Crippen molar-refractivity contribution in [1.29, 1.82) is 0 Å². The van der Waals surface area contributed by atoms with Crippen molar-refractivity contribution in [3.05, 3.63) is 47.5 Å². The summed E-state index contributed by atoms with van der Waals surface area (Å²) in [5.41, 5.74) is 4.21. The summed E-state index contributed by atoms with van der Waals surface area (Å²) in [5, 5.41) is 9.28. The molecule has 3 nitrogen and oxygen atoms in total. The molecular formula is C16H16O3. The zero-order chi connectivity index (χ0) is 13.2. The lowest BCUT2D eigenvalue weighted by molar-refractivity contribution is 0.171. The van der Waals surface area contributed by atoms with E-state index in [1.807, 2.05) is 37.3 Å². The van der Waals surface area contributed by atoms with Gasteiger partial charge in [0.05, 0.1) is 6.61 Å². The highest BCUT2D eigenvalue weighted by Crippen LogP contribution is 2.35. The smallest absolute Gasteiger partial charge is 0.161 e. The van der Waals surface area contributed by atoms with Crippen LogP contribution < -0.4 is 9.47 Å². The van der Waals surface area contributed by atoms with E-state index in [0.29, 0.717) is 13.2 Å². The van der Waals surface area contributed by atoms with Crippen LogP contribution in [0.15, 0.2) is 36.4 Å². The Morgan fingerprint density at radius 2 is 1.74 bits per heavy atom. The van der Waals surface area contributed by atoms with Crippen LogP contribution in [-0.4, -0.2) is 18.3 Å². The van der Waals surface area contributed by atoms with Gasteiger partial charge in [-0.1, -0.05) is 23.8 Å². The third kappa shape index (κ3) is 2.42. The zero-order valence-electron chi connectivity index (χ0n) is 10.8. The second-order valence-electron chi connectivity index (χ2n) is 4.72. The molecule has 0 saturated heterocycles. The van der Waals surface area contributed by atoms with Gasteiger partial charge >= 0.3 is 0 Å². The zero-order valence-corrected chi connectivity index (χ0v) is 10.8. The first-order chi connectivity index (χ1) is 9.26. The Bertz CT molecular complexity index is 605. The average molecular weight is 256 g/mol. The molecule has 0 spiro atoms. The average Bonchev–Trinajstić information content (AvgIpc) is 2.46. The van der Waals surface area contributed by atoms with Gasteiger partial charge in [-0.3, -0.25) is 0 Å². The lowest BCUT2D eigenvalue weighted by atomic mass is 10.00. The van der Waals surface area contributed by atoms with Crippen molar-refractivity contribution < 1.29 is 14.6 Å². The molecule has 0 saturated carbocycles. The number of ether oxygens (including phenoxy) is 2. The second kappa shape index (κ2) is 4.94. The van der Waals surface area contributed by atoms with Gasteiger partial charge in [-0.2, -0.15) is 0 Å². The monoisotopic (exact) mass is 256 g/mol. The fraction of sp³-hybridized carbons (Fsp3) is 0.250. The van der Waals surface area contributed by atoms with Crippen molar-refractivity contribution in [2.45, 2.75) is 13.5 Å². The van der Waals surface area contributed by atoms with Gasteiger partial charge in [-0.25, -0.2) is 0 Å². The first-order valence-corrected chi connectivity index (χ1v) is 6.38. The van der Waals surface area contributed by atoms with Gasteiger partial charge in [0.1, 0.15) is 13.2 Å². The van der Waals surface area contributed by atoms with E-state index in [9.17, 15) is 5.11 Å². The van der Waals surface area contributed by atoms with Gasteiger partial charge in [0.2, 0.25) is 0 Å². The highest BCUT2D eigenvalue weighted by atomic mass is 16.6. The molecule has 1 aliphatic heterocycles. The van der Waals surface area contributed by atoms with E-state index in [1.165, 1.54) is 0 Å². The number of benzene rings is 2. The van der Waals surface area contributed by atoms with E-state index >= 15 is 0 Å². The van der Waals surface area contributed by atoms with Crippen LogP contribution in [-0.2, 0) is 6.61 Å². The van der Waals surface area contributed by atoms with Crippen LogP contribution >= 0.6 is 0 Å². The van der Waals surface area contributed by atoms with Crippen LogP contribution in [0.5, 0.6) is 11.5 Å². The van der Waals surface area contributed by atoms with Crippen molar-refractivity contribution in [2.24, 2.45) is 0 Å². The topological polar surface area (TPSA) is 38.7 Å². The van der Waals surface area contributed by atoms with E-state index in [4.69, 9.17) is 9.47 Å². The molecule has 2 aromatic rings. The molecule has 1 N–H and O–H groups in total. The van der Waals surface area contributed by atoms with Gasteiger partial charge < -0.3 is 14.6 Å². The minimum atomic E-state index is 0.0548. The van der Waals surface area contributed by atoms with Crippen LogP contribution in [0.4, 0.5) is 0 Å². The Kier molecular flexibility index (Phi) is 3.13. The van der Waals surface area contributed by atoms with Crippen LogP contribution in [0.1, 0.15) is 11.1 Å². The highest BCUT2D eigenvalue weighted by Gasteiger charge is 2.12. The predicted molar refractivity (Wildman–Crippen MR) is 73.5 cm³/mol. The summed E-state index contributed by atoms with van der Waals surface area (Å²) < 4.78 is 11.1. The Morgan fingerprint density at radius 3 is 2.53 bits per heavy atom. The summed E-state index contributed by atoms with van der Waals surface area (Å²) in [6.07, 6.45) is 0. The predicted octanol–water partition coefficient (Wildman–Crippen LogP) is 2.93. The molecule has 3 heteroatoms. The maximum absolute atomic E-state index is 9.28. The van der Waals surface area contributed by atoms with E-state index in [0.717, 1.165) is 33.8 Å². The van der Waals surface area contributed by atoms with Gasteiger partial charge in [0.25, 0.3) is 0 Å². The molecule has 98 valence electrons. The first-order valence-electron chi connectivity index (χ1n) is 6.38. The molecule has 1 heterocycles. The van der Waals surface area contributed by atoms with E-state index < -0.39 is 0 Å². The molecule has 0 bridgehead atoms. The summed E-state index contributed by atoms with van der Waals surface area (Å²) >= 11 is 0. The van der Waals surface area contributed by atoms with Gasteiger partial charge in [-0.15, -0.1) is 0 Å². The molecule has 19 heavy (non-hydrogen) atoms. The maximum Gasteiger partial charge on any atom is 0.161 e. The number of aliphatic hydroxyl groups excluding tert-OH is 1. The molecule has 0 aromatic heterocycles. The molecule has 0 radical (unpaired) electrons. The van der Waals surface area contributed by atoms with Crippen LogP contribution in [0.3, 0.4) is 0 Å². The molecule has 2 aromatic carbocycles. The molecule has 1 aliphatic rings. The number of rotatable bonds is 2. The fourth-order valence-corrected chi connectivity index (χ4v) is 2.34. The van der Waals surface area contributed by atoms with E-state index in [2.05, 4.69) is 6.07 Å². The fourth-order valence-electron chi connectivity index (χ4n) is 2.34. The third-order valence-electron chi connectivity index (χ3n) is 3.20. The van der Waals surface area contributed by atoms with Gasteiger partial charge in [0, 0.05) is 0 Å². The molecule has 3 rings (SSSR count). The van der Waals surface area contributed by atoms with Crippen molar-refractivity contribution in [1.82, 2.24) is 0 Å². The Labute approximate surface area is 112 Å². The molecule has 0 fully saturated rings. The summed E-state index contributed by atoms with van der Waals surface area (Å²) in [5.74, 6) is 1.58. The summed E-state index contributed by atoms with van der Waals surface area (Å²) in [6, 6.07) is 12.0. The van der Waals surface area contributed by atoms with Crippen molar-refractivity contribution in [3.63, 3.8) is 0 Å². The molecule has 0 atom stereocenters. The standard InChI is InChI=1S/C16H16O3/c1-11-6-12(10-17)8-14(7-11)13-2-3-15-16(9-13)19-5-4-18-15/h2-3,6-9,17H,4-5,10H2,1H3. The summed E-state index contributed by atoms with van der Waals surface area (Å²) in [7, 11) is 0. The first kappa shape index (κ1) is 12.1. The molecule has 0 amide bonds. The van der Waals surface area contributed by atoms with Crippen molar-refractivity contribution >= 4 is 0 Å². The van der Waals surface area contributed by atoms with Gasteiger partial charge in [-0.05, 0) is 41.8 Å². The maximum atomic E-state index is 9.28. The Hall–Kier alpha value is -2.00. The number of hydrogen-bond donors (Lipinski definition) is 1. The highest BCUT2D eigenvalue weighted by molar-refractivity contribution is 5.68. The van der Waals surface area contributed by atoms with E-state index in [1.54, 1.807) is 0 Å². The summed E-state index contributed by atoms with van der Waals surface area (Å²) in [4.78, 5) is 0. The largest absolute Gasteiger partial charge is 0.486 e. The molecule has 0 unspecified atom stereocenters. The molecule has 0 aliphatic carbocycles. The van der Waals surface area contributed by atoms with Crippen LogP contribution in [0, 0.1) is 6.92 Å². The quantitative estimate of drug-likeness (QED) is 0.897. The van der Waals surface area contributed by atoms with Gasteiger partial charge in [0.15, 0.2) is 11.5 Å². The Morgan fingerprint density at radius 1 is 0.947 bits per heavy atom. The Balaban J connectivity index is 2.04. The normalized spacial score (nSPS) is 13.4. The number of aliphatic hydroxyl groups is 1. The molecular weight excluding hydrogens is 240 g/mol. The number of hydrogen-bond acceptors (Lipinski definition) is 3. The minimum absolute atomic E-state index is 0.0548. The summed E-state index contributed by atoms with van der Waals surface area (Å²) in [6.45, 7) is 3.28. The number of aryl methyl sites for hydroxylation is 1. The lowest BCUT2D eigenvalue weighted by Crippen LogP contribution is -2.15. The third-order valence-corrected chi connectivity index (χ3v) is 3.20. The minimum Gasteiger partial charge on any atom is -0.486 e. The lowest BCUT2D eigenvalue weighted by Gasteiger charge is -2.19. The van der Waals surface area contributed by atoms with E-state index in [-0.39, 0.29) is 6.61 Å². The number of fused-ring (bicyclic) bond motifs is 1. The second-order valence-corrected chi connectivity index (χ2v) is 4.72. The van der Waals surface area contributed by atoms with Crippen molar-refractivity contribution in [2.75, 3.05) is 13.2 Å². The van der Waals surface area contributed by atoms with Crippen LogP contribution in [0.2, 0.25) is 0 Å². The SMILES string of the molecule is Cc1cc(CO)cc(-c2ccc3c(c2)OCCO3)c1. The van der Waals surface area contributed by atoms with Crippen molar-refractivity contribution in [3.8, 4) is 22.6 Å².